The Hall–Kier alpha value is -4.46. The summed E-state index contributed by atoms with van der Waals surface area (Å²) < 4.78 is 0. The third-order valence-corrected chi connectivity index (χ3v) is 5.81. The van der Waals surface area contributed by atoms with Crippen molar-refractivity contribution < 1.29 is 14.4 Å². The Morgan fingerprint density at radius 3 is 2.55 bits per heavy atom. The van der Waals surface area contributed by atoms with Crippen molar-refractivity contribution in [3.05, 3.63) is 102 Å². The molecule has 8 heteroatoms. The molecular weight excluding hydrogens is 418 g/mol. The van der Waals surface area contributed by atoms with Gasteiger partial charge in [0.1, 0.15) is 0 Å². The number of aromatic amines is 1. The molecule has 2 aromatic heterocycles. The van der Waals surface area contributed by atoms with E-state index in [4.69, 9.17) is 0 Å². The van der Waals surface area contributed by atoms with Crippen LogP contribution in [-0.2, 0) is 4.79 Å². The van der Waals surface area contributed by atoms with Gasteiger partial charge in [0.15, 0.2) is 0 Å². The van der Waals surface area contributed by atoms with Gasteiger partial charge in [-0.05, 0) is 29.8 Å². The molecule has 33 heavy (non-hydrogen) atoms. The van der Waals surface area contributed by atoms with Gasteiger partial charge < -0.3 is 9.88 Å². The number of rotatable bonds is 5. The SMILES string of the molecule is O=C(CCN1C(=O)c2ccccc2C1c1c[nH]c2ccccc12)NNC(=O)c1ccncc1. The van der Waals surface area contributed by atoms with E-state index >= 15 is 0 Å². The number of para-hydroxylation sites is 1. The van der Waals surface area contributed by atoms with Crippen LogP contribution in [0.25, 0.3) is 10.9 Å². The van der Waals surface area contributed by atoms with E-state index in [2.05, 4.69) is 20.8 Å². The molecule has 3 N–H and O–H groups in total. The number of H-pyrrole nitrogens is 1. The lowest BCUT2D eigenvalue weighted by Gasteiger charge is -2.25. The quantitative estimate of drug-likeness (QED) is 0.416. The Balaban J connectivity index is 1.33. The fourth-order valence-electron chi connectivity index (χ4n) is 4.24. The summed E-state index contributed by atoms with van der Waals surface area (Å²) in [6.07, 6.45) is 4.96. The molecule has 1 atom stereocenters. The van der Waals surface area contributed by atoms with Gasteiger partial charge in [-0.3, -0.25) is 30.2 Å². The van der Waals surface area contributed by atoms with Crippen molar-refractivity contribution in [1.82, 2.24) is 25.7 Å². The number of nitrogens with one attached hydrogen (secondary N) is 3. The average Bonchev–Trinajstić information content (AvgIpc) is 3.40. The first-order chi connectivity index (χ1) is 16.1. The van der Waals surface area contributed by atoms with Gasteiger partial charge in [0.25, 0.3) is 11.8 Å². The van der Waals surface area contributed by atoms with Crippen LogP contribution in [0.3, 0.4) is 0 Å². The number of hydrogen-bond acceptors (Lipinski definition) is 4. The van der Waals surface area contributed by atoms with Crippen LogP contribution in [0.1, 0.15) is 44.3 Å². The van der Waals surface area contributed by atoms with Gasteiger partial charge in [-0.2, -0.15) is 0 Å². The van der Waals surface area contributed by atoms with Crippen molar-refractivity contribution in [2.24, 2.45) is 0 Å². The predicted octanol–water partition coefficient (Wildman–Crippen LogP) is 2.96. The maximum Gasteiger partial charge on any atom is 0.269 e. The summed E-state index contributed by atoms with van der Waals surface area (Å²) in [7, 11) is 0. The zero-order chi connectivity index (χ0) is 22.8. The summed E-state index contributed by atoms with van der Waals surface area (Å²) in [5.74, 6) is -0.944. The van der Waals surface area contributed by atoms with E-state index in [-0.39, 0.29) is 30.8 Å². The fourth-order valence-corrected chi connectivity index (χ4v) is 4.24. The zero-order valence-corrected chi connectivity index (χ0v) is 17.6. The van der Waals surface area contributed by atoms with E-state index in [9.17, 15) is 14.4 Å². The van der Waals surface area contributed by atoms with E-state index < -0.39 is 5.91 Å². The molecule has 2 aromatic carbocycles. The van der Waals surface area contributed by atoms with Gasteiger partial charge in [-0.15, -0.1) is 0 Å². The number of nitrogens with zero attached hydrogens (tertiary/aromatic N) is 2. The second kappa shape index (κ2) is 8.58. The molecule has 4 aromatic rings. The smallest absolute Gasteiger partial charge is 0.269 e. The van der Waals surface area contributed by atoms with Gasteiger partial charge in [-0.1, -0.05) is 36.4 Å². The molecule has 1 unspecified atom stereocenters. The third kappa shape index (κ3) is 3.82. The second-order valence-corrected chi connectivity index (χ2v) is 7.77. The van der Waals surface area contributed by atoms with E-state index in [0.717, 1.165) is 22.0 Å². The minimum Gasteiger partial charge on any atom is -0.361 e. The van der Waals surface area contributed by atoms with E-state index in [1.807, 2.05) is 54.7 Å². The molecule has 5 rings (SSSR count). The highest BCUT2D eigenvalue weighted by molar-refractivity contribution is 6.01. The first-order valence-electron chi connectivity index (χ1n) is 10.6. The van der Waals surface area contributed by atoms with Crippen LogP contribution < -0.4 is 10.9 Å². The number of amides is 3. The Kier molecular flexibility index (Phi) is 5.32. The predicted molar refractivity (Wildman–Crippen MR) is 122 cm³/mol. The van der Waals surface area contributed by atoms with Crippen LogP contribution in [0.15, 0.2) is 79.3 Å². The molecule has 0 bridgehead atoms. The van der Waals surface area contributed by atoms with E-state index in [1.54, 1.807) is 17.0 Å². The van der Waals surface area contributed by atoms with Crippen LogP contribution >= 0.6 is 0 Å². The first kappa shape index (κ1) is 20.4. The minimum absolute atomic E-state index is 0.0369. The van der Waals surface area contributed by atoms with Crippen LogP contribution in [-0.4, -0.2) is 39.1 Å². The monoisotopic (exact) mass is 439 g/mol. The normalized spacial score (nSPS) is 14.8. The highest BCUT2D eigenvalue weighted by atomic mass is 16.2. The summed E-state index contributed by atoms with van der Waals surface area (Å²) >= 11 is 0. The standard InChI is InChI=1S/C25H21N5O3/c31-22(28-29-24(32)16-9-12-26-13-10-16)11-14-30-23(18-6-1-2-7-19(18)25(30)33)20-15-27-21-8-4-3-5-17(20)21/h1-10,12-13,15,23,27H,11,14H2,(H,28,31)(H,29,32). The van der Waals surface area contributed by atoms with E-state index in [1.165, 1.54) is 12.4 Å². The lowest BCUT2D eigenvalue weighted by molar-refractivity contribution is -0.122. The number of carbonyl (C=O) groups excluding carboxylic acids is 3. The third-order valence-electron chi connectivity index (χ3n) is 5.81. The highest BCUT2D eigenvalue weighted by Gasteiger charge is 2.38. The molecule has 164 valence electrons. The molecule has 1 aliphatic heterocycles. The van der Waals surface area contributed by atoms with Gasteiger partial charge in [0, 0.05) is 59.1 Å². The van der Waals surface area contributed by atoms with Crippen molar-refractivity contribution in [3.8, 4) is 0 Å². The summed E-state index contributed by atoms with van der Waals surface area (Å²) in [6, 6.07) is 18.3. The Morgan fingerprint density at radius 2 is 1.70 bits per heavy atom. The van der Waals surface area contributed by atoms with Crippen LogP contribution in [0.4, 0.5) is 0 Å². The Bertz CT molecular complexity index is 1350. The molecule has 0 aliphatic carbocycles. The van der Waals surface area contributed by atoms with Gasteiger partial charge >= 0.3 is 0 Å². The molecule has 3 amide bonds. The summed E-state index contributed by atoms with van der Waals surface area (Å²) in [5.41, 5.74) is 8.71. The van der Waals surface area contributed by atoms with Gasteiger partial charge in [0.2, 0.25) is 5.91 Å². The average molecular weight is 439 g/mol. The maximum atomic E-state index is 13.2. The highest BCUT2D eigenvalue weighted by Crippen LogP contribution is 2.41. The number of hydrazine groups is 1. The Morgan fingerprint density at radius 1 is 0.939 bits per heavy atom. The number of fused-ring (bicyclic) bond motifs is 2. The molecule has 0 spiro atoms. The van der Waals surface area contributed by atoms with Crippen molar-refractivity contribution in [3.63, 3.8) is 0 Å². The molecule has 0 saturated carbocycles. The number of carbonyl (C=O) groups is 3. The van der Waals surface area contributed by atoms with Crippen molar-refractivity contribution in [2.75, 3.05) is 6.54 Å². The number of pyridine rings is 1. The minimum atomic E-state index is -0.438. The largest absolute Gasteiger partial charge is 0.361 e. The molecule has 8 nitrogen and oxygen atoms in total. The summed E-state index contributed by atoms with van der Waals surface area (Å²) in [4.78, 5) is 46.6. The van der Waals surface area contributed by atoms with Gasteiger partial charge in [0.05, 0.1) is 6.04 Å². The van der Waals surface area contributed by atoms with Crippen LogP contribution in [0.5, 0.6) is 0 Å². The lowest BCUT2D eigenvalue weighted by atomic mass is 9.97. The van der Waals surface area contributed by atoms with Crippen molar-refractivity contribution in [1.29, 1.82) is 0 Å². The fraction of sp³-hybridized carbons (Fsp3) is 0.120. The number of aromatic nitrogens is 2. The van der Waals surface area contributed by atoms with Crippen LogP contribution in [0, 0.1) is 0 Å². The van der Waals surface area contributed by atoms with Crippen molar-refractivity contribution >= 4 is 28.6 Å². The lowest BCUT2D eigenvalue weighted by Crippen LogP contribution is -2.43. The molecular formula is C25H21N5O3. The topological polar surface area (TPSA) is 107 Å². The summed E-state index contributed by atoms with van der Waals surface area (Å²) in [6.45, 7) is 0.203. The van der Waals surface area contributed by atoms with Crippen molar-refractivity contribution in [2.45, 2.75) is 12.5 Å². The molecule has 3 heterocycles. The first-order valence-corrected chi connectivity index (χ1v) is 10.6. The number of benzene rings is 2. The molecule has 0 saturated heterocycles. The zero-order valence-electron chi connectivity index (χ0n) is 17.6. The number of hydrogen-bond donors (Lipinski definition) is 3. The second-order valence-electron chi connectivity index (χ2n) is 7.77. The van der Waals surface area contributed by atoms with E-state index in [0.29, 0.717) is 11.1 Å². The molecule has 0 radical (unpaired) electrons. The van der Waals surface area contributed by atoms with Crippen LogP contribution in [0.2, 0.25) is 0 Å². The Labute approximate surface area is 189 Å². The molecule has 0 fully saturated rings. The maximum absolute atomic E-state index is 13.2. The summed E-state index contributed by atoms with van der Waals surface area (Å²) in [5, 5.41) is 1.03. The van der Waals surface area contributed by atoms with Gasteiger partial charge in [-0.25, -0.2) is 0 Å². The molecule has 1 aliphatic rings.